The number of rotatable bonds is 11. The van der Waals surface area contributed by atoms with Crippen LogP contribution in [0.3, 0.4) is 0 Å². The molecule has 0 spiro atoms. The van der Waals surface area contributed by atoms with Gasteiger partial charge in [-0.05, 0) is 42.7 Å². The van der Waals surface area contributed by atoms with Crippen LogP contribution >= 0.6 is 11.8 Å². The van der Waals surface area contributed by atoms with Gasteiger partial charge in [0.05, 0.1) is 25.9 Å². The number of para-hydroxylation sites is 2. The number of carbonyl (C=O) groups excluding carboxylic acids is 2. The number of aliphatic hydroxyl groups is 1. The topological polar surface area (TPSA) is 94.6 Å². The van der Waals surface area contributed by atoms with E-state index in [4.69, 9.17) is 9.47 Å². The van der Waals surface area contributed by atoms with Crippen LogP contribution in [-0.4, -0.2) is 86.4 Å². The van der Waals surface area contributed by atoms with Crippen LogP contribution in [0.25, 0.3) is 0 Å². The van der Waals surface area contributed by atoms with Crippen molar-refractivity contribution in [3.05, 3.63) is 78.4 Å². The van der Waals surface area contributed by atoms with E-state index in [1.165, 1.54) is 0 Å². The molecule has 1 fully saturated rings. The Hall–Kier alpha value is -3.57. The number of hydrogen-bond acceptors (Lipinski definition) is 8. The molecule has 234 valence electrons. The first-order valence-electron chi connectivity index (χ1n) is 15.1. The molecule has 9 nitrogen and oxygen atoms in total. The normalized spacial score (nSPS) is 20.8. The third-order valence-electron chi connectivity index (χ3n) is 8.33. The van der Waals surface area contributed by atoms with Gasteiger partial charge >= 0.3 is 0 Å². The zero-order chi connectivity index (χ0) is 31.3. The van der Waals surface area contributed by atoms with Crippen LogP contribution in [0.5, 0.6) is 11.5 Å². The van der Waals surface area contributed by atoms with Gasteiger partial charge in [-0.25, -0.2) is 0 Å². The lowest BCUT2D eigenvalue weighted by molar-refractivity contribution is -0.122. The fourth-order valence-corrected chi connectivity index (χ4v) is 7.50. The van der Waals surface area contributed by atoms with Crippen molar-refractivity contribution in [2.75, 3.05) is 63.7 Å². The standard InChI is InChI=1S/C34H42N4O5S/c1-24(2)34(33(41)36(3)28-14-6-8-16-30(28)44-34)27-13-5-7-15-29(27)43-20-10-17-38-19-18-37(23-32(38)40)22-31(39)35-25-11-9-12-26(21-25)42-4/h5-9,11-16,21,24,32,40H,10,17-20,22-23H2,1-4H3,(H,35,39). The number of β-amino-alcohol motifs (C(OH)–C–C–N with tert-alkyl or cyclic N) is 1. The number of thioether (sulfide) groups is 1. The van der Waals surface area contributed by atoms with Crippen molar-refractivity contribution >= 4 is 35.0 Å². The summed E-state index contributed by atoms with van der Waals surface area (Å²) in [4.78, 5) is 33.4. The number of anilines is 2. The molecule has 2 amide bonds. The Kier molecular flexibility index (Phi) is 10.2. The number of carbonyl (C=O) groups is 2. The first kappa shape index (κ1) is 31.8. The lowest BCUT2D eigenvalue weighted by atomic mass is 9.85. The van der Waals surface area contributed by atoms with E-state index in [1.807, 2.05) is 77.5 Å². The van der Waals surface area contributed by atoms with Crippen molar-refractivity contribution < 1.29 is 24.2 Å². The maximum atomic E-state index is 14.0. The molecule has 0 aromatic heterocycles. The Balaban J connectivity index is 1.15. The summed E-state index contributed by atoms with van der Waals surface area (Å²) >= 11 is 1.61. The third kappa shape index (κ3) is 6.73. The summed E-state index contributed by atoms with van der Waals surface area (Å²) in [7, 11) is 3.44. The minimum atomic E-state index is -0.814. The van der Waals surface area contributed by atoms with E-state index in [1.54, 1.807) is 29.8 Å². The number of aliphatic hydroxyl groups excluding tert-OH is 1. The van der Waals surface area contributed by atoms with Crippen molar-refractivity contribution in [2.24, 2.45) is 5.92 Å². The summed E-state index contributed by atoms with van der Waals surface area (Å²) in [6.45, 7) is 7.21. The Morgan fingerprint density at radius 3 is 2.64 bits per heavy atom. The molecular weight excluding hydrogens is 576 g/mol. The lowest BCUT2D eigenvalue weighted by Crippen LogP contribution is -2.54. The molecule has 1 saturated heterocycles. The number of likely N-dealkylation sites (N-methyl/N-ethyl adjacent to an activating group) is 1. The number of amides is 2. The molecular formula is C34H42N4O5S. The maximum absolute atomic E-state index is 14.0. The molecule has 2 unspecified atom stereocenters. The van der Waals surface area contributed by atoms with Crippen molar-refractivity contribution in [1.29, 1.82) is 0 Å². The predicted octanol–water partition coefficient (Wildman–Crippen LogP) is 4.66. The van der Waals surface area contributed by atoms with E-state index >= 15 is 0 Å². The summed E-state index contributed by atoms with van der Waals surface area (Å²) in [5.74, 6) is 1.32. The number of methoxy groups -OCH3 is 1. The summed E-state index contributed by atoms with van der Waals surface area (Å²) in [5.41, 5.74) is 2.48. The van der Waals surface area contributed by atoms with Crippen molar-refractivity contribution in [3.63, 3.8) is 0 Å². The van der Waals surface area contributed by atoms with Crippen molar-refractivity contribution in [3.8, 4) is 11.5 Å². The molecule has 2 aliphatic rings. The summed E-state index contributed by atoms with van der Waals surface area (Å²) in [5, 5.41) is 13.7. The fourth-order valence-electron chi connectivity index (χ4n) is 5.96. The smallest absolute Gasteiger partial charge is 0.248 e. The van der Waals surface area contributed by atoms with Gasteiger partial charge in [-0.2, -0.15) is 0 Å². The van der Waals surface area contributed by atoms with Gasteiger partial charge in [-0.15, -0.1) is 11.8 Å². The second-order valence-corrected chi connectivity index (χ2v) is 12.8. The van der Waals surface area contributed by atoms with Gasteiger partial charge in [-0.1, -0.05) is 50.2 Å². The molecule has 0 saturated carbocycles. The van der Waals surface area contributed by atoms with Crippen molar-refractivity contribution in [2.45, 2.75) is 36.1 Å². The number of nitrogens with one attached hydrogen (secondary N) is 1. The fraction of sp³-hybridized carbons (Fsp3) is 0.412. The molecule has 0 bridgehead atoms. The van der Waals surface area contributed by atoms with E-state index in [9.17, 15) is 14.7 Å². The predicted molar refractivity (Wildman–Crippen MR) is 174 cm³/mol. The molecule has 10 heteroatoms. The quantitative estimate of drug-likeness (QED) is 0.300. The molecule has 2 atom stereocenters. The van der Waals surface area contributed by atoms with Crippen LogP contribution in [0.4, 0.5) is 11.4 Å². The average molecular weight is 619 g/mol. The third-order valence-corrected chi connectivity index (χ3v) is 10.1. The molecule has 2 aliphatic heterocycles. The largest absolute Gasteiger partial charge is 0.497 e. The molecule has 2 N–H and O–H groups in total. The number of piperazine rings is 1. The Morgan fingerprint density at radius 2 is 1.86 bits per heavy atom. The Bertz CT molecular complexity index is 1470. The highest BCUT2D eigenvalue weighted by molar-refractivity contribution is 8.01. The lowest BCUT2D eigenvalue weighted by Gasteiger charge is -2.44. The molecule has 44 heavy (non-hydrogen) atoms. The van der Waals surface area contributed by atoms with Gasteiger partial charge in [0.1, 0.15) is 22.5 Å². The van der Waals surface area contributed by atoms with Gasteiger partial charge in [0.15, 0.2) is 0 Å². The van der Waals surface area contributed by atoms with Gasteiger partial charge in [0.25, 0.3) is 0 Å². The number of fused-ring (bicyclic) bond motifs is 1. The van der Waals surface area contributed by atoms with Crippen molar-refractivity contribution in [1.82, 2.24) is 9.80 Å². The maximum Gasteiger partial charge on any atom is 0.248 e. The number of ether oxygens (including phenoxy) is 2. The highest BCUT2D eigenvalue weighted by Crippen LogP contribution is 2.56. The SMILES string of the molecule is COc1cccc(NC(=O)CN2CCN(CCCOc3ccccc3C3(C(C)C)Sc4ccccc4N(C)C3=O)C(O)C2)c1. The minimum Gasteiger partial charge on any atom is -0.497 e. The van der Waals surface area contributed by atoms with Crippen LogP contribution in [-0.2, 0) is 14.3 Å². The molecule has 2 heterocycles. The van der Waals surface area contributed by atoms with Gasteiger partial charge in [0, 0.05) is 55.4 Å². The van der Waals surface area contributed by atoms with Gasteiger partial charge in [-0.3, -0.25) is 19.4 Å². The number of nitrogens with zero attached hydrogens (tertiary/aromatic N) is 3. The van der Waals surface area contributed by atoms with E-state index < -0.39 is 11.0 Å². The van der Waals surface area contributed by atoms with Gasteiger partial charge < -0.3 is 24.8 Å². The molecule has 3 aromatic rings. The number of benzene rings is 3. The van der Waals surface area contributed by atoms with Crippen LogP contribution in [0.1, 0.15) is 25.8 Å². The summed E-state index contributed by atoms with van der Waals surface area (Å²) in [6, 6.07) is 23.1. The molecule has 5 rings (SSSR count). The van der Waals surface area contributed by atoms with E-state index in [0.29, 0.717) is 56.4 Å². The molecule has 0 radical (unpaired) electrons. The molecule has 3 aromatic carbocycles. The minimum absolute atomic E-state index is 0.0182. The summed E-state index contributed by atoms with van der Waals surface area (Å²) in [6.07, 6.45) is 0.0389. The van der Waals surface area contributed by atoms with Crippen LogP contribution in [0, 0.1) is 5.92 Å². The van der Waals surface area contributed by atoms with Gasteiger partial charge in [0.2, 0.25) is 11.8 Å². The van der Waals surface area contributed by atoms with E-state index in [2.05, 4.69) is 25.2 Å². The second kappa shape index (κ2) is 14.0. The zero-order valence-electron chi connectivity index (χ0n) is 25.9. The van der Waals surface area contributed by atoms with E-state index in [0.717, 1.165) is 16.1 Å². The molecule has 0 aliphatic carbocycles. The van der Waals surface area contributed by atoms with Crippen LogP contribution in [0.15, 0.2) is 77.7 Å². The Morgan fingerprint density at radius 1 is 1.09 bits per heavy atom. The van der Waals surface area contributed by atoms with Crippen LogP contribution in [0.2, 0.25) is 0 Å². The highest BCUT2D eigenvalue weighted by atomic mass is 32.2. The highest BCUT2D eigenvalue weighted by Gasteiger charge is 2.51. The summed E-state index contributed by atoms with van der Waals surface area (Å²) < 4.78 is 10.8. The second-order valence-electron chi connectivity index (χ2n) is 11.6. The van der Waals surface area contributed by atoms with Crippen LogP contribution < -0.4 is 19.7 Å². The average Bonchev–Trinajstić information content (AvgIpc) is 3.02. The first-order valence-corrected chi connectivity index (χ1v) is 15.9. The monoisotopic (exact) mass is 618 g/mol. The van der Waals surface area contributed by atoms with E-state index in [-0.39, 0.29) is 24.3 Å². The number of hydrogen-bond donors (Lipinski definition) is 2. The zero-order valence-corrected chi connectivity index (χ0v) is 26.7. The Labute approximate surface area is 264 Å². The first-order chi connectivity index (χ1) is 21.2.